The van der Waals surface area contributed by atoms with Gasteiger partial charge in [0.25, 0.3) is 0 Å². The second-order valence-electron chi connectivity index (χ2n) is 3.69. The number of nitrogens with one attached hydrogen (secondary N) is 2. The molecule has 0 aliphatic carbocycles. The maximum atomic E-state index is 9.45. The van der Waals surface area contributed by atoms with Crippen molar-refractivity contribution in [3.8, 4) is 0 Å². The van der Waals surface area contributed by atoms with Crippen molar-refractivity contribution in [2.45, 2.75) is 19.4 Å². The van der Waals surface area contributed by atoms with Gasteiger partial charge in [-0.2, -0.15) is 4.98 Å². The highest BCUT2D eigenvalue weighted by Gasteiger charge is 2.04. The first-order chi connectivity index (χ1) is 8.15. The van der Waals surface area contributed by atoms with Gasteiger partial charge in [0.15, 0.2) is 0 Å². The number of nitrogens with two attached hydrogens (primary N) is 1. The second-order valence-corrected chi connectivity index (χ2v) is 3.69. The van der Waals surface area contributed by atoms with Crippen LogP contribution in [0, 0.1) is 6.92 Å². The Labute approximate surface area is 100 Å². The molecular weight excluding hydrogens is 222 g/mol. The molecule has 96 valence electrons. The number of hydrazine groups is 1. The minimum absolute atomic E-state index is 0.333. The summed E-state index contributed by atoms with van der Waals surface area (Å²) in [4.78, 5) is 8.19. The first-order valence-corrected chi connectivity index (χ1v) is 5.39. The normalized spacial score (nSPS) is 12.2. The summed E-state index contributed by atoms with van der Waals surface area (Å²) in [6.45, 7) is 2.79. The van der Waals surface area contributed by atoms with Gasteiger partial charge in [-0.1, -0.05) is 0 Å². The molecule has 7 nitrogen and oxygen atoms in total. The number of aryl methyl sites for hydroxylation is 1. The molecule has 0 saturated carbocycles. The lowest BCUT2D eigenvalue weighted by Gasteiger charge is -2.11. The van der Waals surface area contributed by atoms with Crippen LogP contribution in [0.2, 0.25) is 0 Å². The molecule has 1 heterocycles. The molecule has 0 amide bonds. The maximum absolute atomic E-state index is 9.45. The Morgan fingerprint density at radius 3 is 2.94 bits per heavy atom. The molecule has 0 saturated heterocycles. The van der Waals surface area contributed by atoms with Crippen LogP contribution in [0.15, 0.2) is 6.07 Å². The number of nitrogen functional groups attached to an aromatic ring is 1. The Hall–Kier alpha value is -1.44. The van der Waals surface area contributed by atoms with E-state index in [1.165, 1.54) is 0 Å². The first kappa shape index (κ1) is 13.6. The standard InChI is InChI=1S/C10H19N5O2/c1-7-5-9(14-10(13-7)15-11)12-4-3-8(16)6-17-2/h5,8,16H,3-4,6,11H2,1-2H3,(H2,12,13,14,15). The molecule has 17 heavy (non-hydrogen) atoms. The highest BCUT2D eigenvalue weighted by Crippen LogP contribution is 2.08. The van der Waals surface area contributed by atoms with Crippen molar-refractivity contribution in [1.82, 2.24) is 9.97 Å². The van der Waals surface area contributed by atoms with Crippen molar-refractivity contribution >= 4 is 11.8 Å². The van der Waals surface area contributed by atoms with Gasteiger partial charge in [0.1, 0.15) is 5.82 Å². The number of ether oxygens (including phenoxy) is 1. The quantitative estimate of drug-likeness (QED) is 0.389. The molecule has 1 unspecified atom stereocenters. The van der Waals surface area contributed by atoms with E-state index in [9.17, 15) is 5.11 Å². The van der Waals surface area contributed by atoms with Gasteiger partial charge in [0.2, 0.25) is 5.95 Å². The van der Waals surface area contributed by atoms with Crippen LogP contribution in [0.1, 0.15) is 12.1 Å². The third kappa shape index (κ3) is 4.94. The van der Waals surface area contributed by atoms with Gasteiger partial charge in [0, 0.05) is 25.4 Å². The fraction of sp³-hybridized carbons (Fsp3) is 0.600. The van der Waals surface area contributed by atoms with E-state index in [-0.39, 0.29) is 0 Å². The van der Waals surface area contributed by atoms with Crippen LogP contribution in [0.5, 0.6) is 0 Å². The van der Waals surface area contributed by atoms with E-state index in [0.29, 0.717) is 31.3 Å². The lowest BCUT2D eigenvalue weighted by atomic mass is 10.2. The van der Waals surface area contributed by atoms with Gasteiger partial charge >= 0.3 is 0 Å². The molecule has 0 aliphatic heterocycles. The smallest absolute Gasteiger partial charge is 0.239 e. The van der Waals surface area contributed by atoms with Crippen LogP contribution in [-0.4, -0.2) is 41.4 Å². The molecule has 0 bridgehead atoms. The fourth-order valence-electron chi connectivity index (χ4n) is 1.37. The summed E-state index contributed by atoms with van der Waals surface area (Å²) < 4.78 is 4.83. The molecule has 0 radical (unpaired) electrons. The van der Waals surface area contributed by atoms with Gasteiger partial charge in [-0.3, -0.25) is 5.43 Å². The van der Waals surface area contributed by atoms with E-state index in [1.54, 1.807) is 7.11 Å². The van der Waals surface area contributed by atoms with Crippen molar-refractivity contribution in [1.29, 1.82) is 0 Å². The summed E-state index contributed by atoms with van der Waals surface area (Å²) >= 11 is 0. The summed E-state index contributed by atoms with van der Waals surface area (Å²) in [6.07, 6.45) is 0.116. The van der Waals surface area contributed by atoms with Crippen molar-refractivity contribution in [2.24, 2.45) is 5.84 Å². The van der Waals surface area contributed by atoms with Gasteiger partial charge < -0.3 is 15.2 Å². The molecule has 0 aliphatic rings. The Kier molecular flexibility index (Phi) is 5.61. The number of anilines is 2. The zero-order valence-corrected chi connectivity index (χ0v) is 10.1. The average Bonchev–Trinajstić information content (AvgIpc) is 2.28. The van der Waals surface area contributed by atoms with Gasteiger partial charge in [-0.15, -0.1) is 0 Å². The lowest BCUT2D eigenvalue weighted by molar-refractivity contribution is 0.0615. The predicted octanol–water partition coefficient (Wildman–Crippen LogP) is -0.120. The van der Waals surface area contributed by atoms with Crippen molar-refractivity contribution in [2.75, 3.05) is 31.0 Å². The Morgan fingerprint density at radius 2 is 2.29 bits per heavy atom. The Balaban J connectivity index is 2.43. The Bertz CT molecular complexity index is 347. The molecule has 1 atom stereocenters. The summed E-state index contributed by atoms with van der Waals surface area (Å²) in [5.41, 5.74) is 3.21. The number of aliphatic hydroxyl groups excluding tert-OH is 1. The molecule has 7 heteroatoms. The third-order valence-corrected chi connectivity index (χ3v) is 2.13. The topological polar surface area (TPSA) is 105 Å². The molecule has 0 aromatic carbocycles. The number of aliphatic hydroxyl groups is 1. The number of methoxy groups -OCH3 is 1. The third-order valence-electron chi connectivity index (χ3n) is 2.13. The van der Waals surface area contributed by atoms with Crippen LogP contribution in [0.4, 0.5) is 11.8 Å². The van der Waals surface area contributed by atoms with Gasteiger partial charge in [-0.25, -0.2) is 10.8 Å². The second kappa shape index (κ2) is 7.00. The number of hydrogen-bond donors (Lipinski definition) is 4. The van der Waals surface area contributed by atoms with Crippen molar-refractivity contribution in [3.05, 3.63) is 11.8 Å². The van der Waals surface area contributed by atoms with E-state index >= 15 is 0 Å². The van der Waals surface area contributed by atoms with E-state index in [1.807, 2.05) is 13.0 Å². The molecule has 1 rings (SSSR count). The summed E-state index contributed by atoms with van der Waals surface area (Å²) in [5, 5.41) is 12.5. The van der Waals surface area contributed by atoms with Crippen molar-refractivity contribution < 1.29 is 9.84 Å². The highest BCUT2D eigenvalue weighted by molar-refractivity contribution is 5.41. The maximum Gasteiger partial charge on any atom is 0.239 e. The summed E-state index contributed by atoms with van der Waals surface area (Å²) in [5.74, 6) is 6.29. The number of rotatable bonds is 7. The van der Waals surface area contributed by atoms with Gasteiger partial charge in [0.05, 0.1) is 12.7 Å². The van der Waals surface area contributed by atoms with Crippen LogP contribution in [0.25, 0.3) is 0 Å². The average molecular weight is 241 g/mol. The molecule has 0 fully saturated rings. The monoisotopic (exact) mass is 241 g/mol. The van der Waals surface area contributed by atoms with Crippen LogP contribution in [0.3, 0.4) is 0 Å². The number of aromatic nitrogens is 2. The molecule has 5 N–H and O–H groups in total. The highest BCUT2D eigenvalue weighted by atomic mass is 16.5. The molecule has 0 spiro atoms. The van der Waals surface area contributed by atoms with E-state index < -0.39 is 6.10 Å². The van der Waals surface area contributed by atoms with Crippen LogP contribution in [-0.2, 0) is 4.74 Å². The minimum Gasteiger partial charge on any atom is -0.391 e. The predicted molar refractivity (Wildman–Crippen MR) is 65.6 cm³/mol. The zero-order chi connectivity index (χ0) is 12.7. The van der Waals surface area contributed by atoms with Gasteiger partial charge in [-0.05, 0) is 13.3 Å². The zero-order valence-electron chi connectivity index (χ0n) is 10.1. The number of nitrogens with zero attached hydrogens (tertiary/aromatic N) is 2. The summed E-state index contributed by atoms with van der Waals surface area (Å²) in [7, 11) is 1.56. The molecule has 1 aromatic rings. The van der Waals surface area contributed by atoms with E-state index in [2.05, 4.69) is 20.7 Å². The first-order valence-electron chi connectivity index (χ1n) is 5.39. The minimum atomic E-state index is -0.470. The largest absolute Gasteiger partial charge is 0.391 e. The van der Waals surface area contributed by atoms with Crippen molar-refractivity contribution in [3.63, 3.8) is 0 Å². The summed E-state index contributed by atoms with van der Waals surface area (Å²) in [6, 6.07) is 1.81. The Morgan fingerprint density at radius 1 is 1.53 bits per heavy atom. The van der Waals surface area contributed by atoms with E-state index in [4.69, 9.17) is 10.6 Å². The van der Waals surface area contributed by atoms with Crippen LogP contribution < -0.4 is 16.6 Å². The lowest BCUT2D eigenvalue weighted by Crippen LogP contribution is -2.19. The fourth-order valence-corrected chi connectivity index (χ4v) is 1.37. The molecule has 1 aromatic heterocycles. The SMILES string of the molecule is COCC(O)CCNc1cc(C)nc(NN)n1. The van der Waals surface area contributed by atoms with E-state index in [0.717, 1.165) is 5.69 Å². The molecular formula is C10H19N5O2. The number of hydrogen-bond acceptors (Lipinski definition) is 7. The van der Waals surface area contributed by atoms with Crippen LogP contribution >= 0.6 is 0 Å².